The van der Waals surface area contributed by atoms with Crippen LogP contribution in [-0.2, 0) is 52.2 Å². The maximum Gasteiger partial charge on any atom is 0.316 e. The van der Waals surface area contributed by atoms with E-state index in [0.717, 1.165) is 12.0 Å². The number of rotatable bonds is 8. The van der Waals surface area contributed by atoms with Gasteiger partial charge in [-0.3, -0.25) is 4.79 Å². The Morgan fingerprint density at radius 2 is 1.60 bits per heavy atom. The molecule has 3 N–H and O–H groups in total. The number of allylic oxidation sites excluding steroid dienone is 2. The highest BCUT2D eigenvalue weighted by molar-refractivity contribution is 5.78. The van der Waals surface area contributed by atoms with Gasteiger partial charge in [0.2, 0.25) is 0 Å². The highest BCUT2D eigenvalue weighted by Crippen LogP contribution is 2.47. The first-order valence-electron chi connectivity index (χ1n) is 22.9. The van der Waals surface area contributed by atoms with Crippen LogP contribution in [0, 0.1) is 23.7 Å². The number of fused-ring (bicyclic) bond motifs is 2. The van der Waals surface area contributed by atoms with Crippen LogP contribution in [0.25, 0.3) is 0 Å². The largest absolute Gasteiger partial charge is 0.462 e. The predicted octanol–water partition coefficient (Wildman–Crippen LogP) is 5.38. The predicted molar refractivity (Wildman–Crippen MR) is 227 cm³/mol. The number of ether oxygens (including phenoxy) is 10. The van der Waals surface area contributed by atoms with Crippen LogP contribution in [0.5, 0.6) is 0 Å². The summed E-state index contributed by atoms with van der Waals surface area (Å²) in [7, 11) is 3.22. The molecule has 0 amide bonds. The molecule has 0 aromatic heterocycles. The van der Waals surface area contributed by atoms with Gasteiger partial charge in [-0.05, 0) is 62.8 Å². The van der Waals surface area contributed by atoms with Gasteiger partial charge in [-0.2, -0.15) is 0 Å². The quantitative estimate of drug-likeness (QED) is 0.210. The molecule has 14 nitrogen and oxygen atoms in total. The smallest absolute Gasteiger partial charge is 0.316 e. The standard InChI is InChI=1S/C48H72O14/c1-11-25(2)43-28(5)17-18-47(62-43)23-34-20-33(61-47)16-15-27(4)42(26(3)13-12-14-32-24-55-45-40(49)29(6)19-35(46(51)58-34)48(32,45)52)59-39-22-37(54-10)44(31(8)57-39)60-38-21-36(53-9)41(50)30(7)56-38/h12-15,17-19,25-26,28,30-31,33-45,49-50,52H,11,16,20-24H2,1-10H3/b13-12+,27-15+,32-14+/t25?,26-,28?,30-,31-,33+,34-,35-,36-,37-,38-,39-,40+,41-,42-,43+,44-,45+,47+,48+/m0/s1. The molecule has 0 saturated carbocycles. The van der Waals surface area contributed by atoms with Crippen molar-refractivity contribution in [1.29, 1.82) is 0 Å². The van der Waals surface area contributed by atoms with E-state index < -0.39 is 90.8 Å². The van der Waals surface area contributed by atoms with Gasteiger partial charge < -0.3 is 62.7 Å². The van der Waals surface area contributed by atoms with E-state index in [2.05, 4.69) is 39.8 Å². The summed E-state index contributed by atoms with van der Waals surface area (Å²) in [6.45, 7) is 16.1. The second kappa shape index (κ2) is 19.7. The summed E-state index contributed by atoms with van der Waals surface area (Å²) in [4.78, 5) is 14.3. The SMILES string of the molecule is CCC(C)[C@H]1O[C@]2(C=CC1C)C[C@@H]1C[C@@H](C/C=C(\C)[C@@H](O[C@H]3C[C@H](OC)[C@@H](O[C@H]4C[C@H](OC)[C@@H](O)[C@H](C)O4)[C@H](C)O3)[C@@H](C)/C=C/C=C3\CO[C@@H]4[C@H](O)C(C)=C[C@@H](C(=O)O1)[C@]34O)O2. The Hall–Kier alpha value is -2.31. The topological polar surface area (TPSA) is 170 Å². The van der Waals surface area contributed by atoms with Crippen LogP contribution in [0.15, 0.2) is 59.3 Å². The van der Waals surface area contributed by atoms with E-state index in [1.165, 1.54) is 0 Å². The first kappa shape index (κ1) is 47.6. The lowest BCUT2D eigenvalue weighted by Crippen LogP contribution is -2.58. The summed E-state index contributed by atoms with van der Waals surface area (Å²) < 4.78 is 63.7. The first-order chi connectivity index (χ1) is 29.5. The van der Waals surface area contributed by atoms with E-state index in [4.69, 9.17) is 47.4 Å². The van der Waals surface area contributed by atoms with Crippen LogP contribution in [-0.4, -0.2) is 139 Å². The van der Waals surface area contributed by atoms with E-state index >= 15 is 0 Å². The van der Waals surface area contributed by atoms with Crippen LogP contribution in [0.1, 0.15) is 93.9 Å². The van der Waals surface area contributed by atoms with Crippen molar-refractivity contribution in [2.24, 2.45) is 23.7 Å². The summed E-state index contributed by atoms with van der Waals surface area (Å²) in [5.74, 6) is -2.56. The normalized spacial score (nSPS) is 49.1. The van der Waals surface area contributed by atoms with Crippen molar-refractivity contribution in [2.45, 2.75) is 191 Å². The van der Waals surface area contributed by atoms with Gasteiger partial charge in [0.15, 0.2) is 18.4 Å². The molecule has 62 heavy (non-hydrogen) atoms. The molecule has 20 atom stereocenters. The Kier molecular flexibility index (Phi) is 15.1. The summed E-state index contributed by atoms with van der Waals surface area (Å²) in [5, 5.41) is 34.2. The third-order valence-corrected chi connectivity index (χ3v) is 14.5. The molecule has 2 unspecified atom stereocenters. The van der Waals surface area contributed by atoms with E-state index in [9.17, 15) is 20.1 Å². The van der Waals surface area contributed by atoms with Gasteiger partial charge in [-0.1, -0.05) is 70.6 Å². The molecule has 0 aromatic carbocycles. The Morgan fingerprint density at radius 1 is 0.887 bits per heavy atom. The lowest BCUT2D eigenvalue weighted by Gasteiger charge is -2.48. The highest BCUT2D eigenvalue weighted by Gasteiger charge is 2.60. The Morgan fingerprint density at radius 3 is 2.32 bits per heavy atom. The van der Waals surface area contributed by atoms with E-state index in [1.54, 1.807) is 40.2 Å². The van der Waals surface area contributed by atoms with Crippen molar-refractivity contribution in [3.63, 3.8) is 0 Å². The molecule has 6 aliphatic heterocycles. The third-order valence-electron chi connectivity index (χ3n) is 14.5. The average molecular weight is 873 g/mol. The zero-order chi connectivity index (χ0) is 44.7. The van der Waals surface area contributed by atoms with E-state index in [1.807, 2.05) is 32.1 Å². The minimum atomic E-state index is -1.84. The molecule has 1 spiro atoms. The van der Waals surface area contributed by atoms with Crippen LogP contribution in [0.4, 0.5) is 0 Å². The number of carbonyl (C=O) groups excluding carboxylic acids is 1. The van der Waals surface area contributed by atoms with Crippen molar-refractivity contribution < 1.29 is 67.5 Å². The van der Waals surface area contributed by atoms with Gasteiger partial charge in [0.1, 0.15) is 42.0 Å². The maximum absolute atomic E-state index is 14.3. The zero-order valence-electron chi connectivity index (χ0n) is 38.2. The number of aliphatic hydroxyl groups is 3. The first-order valence-corrected chi connectivity index (χ1v) is 22.9. The second-order valence-corrected chi connectivity index (χ2v) is 19.0. The van der Waals surface area contributed by atoms with Crippen LogP contribution < -0.4 is 0 Å². The molecule has 2 bridgehead atoms. The Bertz CT molecular complexity index is 1730. The molecule has 4 fully saturated rings. The summed E-state index contributed by atoms with van der Waals surface area (Å²) in [6, 6.07) is 0. The summed E-state index contributed by atoms with van der Waals surface area (Å²) in [6.07, 6.45) is 8.55. The zero-order valence-corrected chi connectivity index (χ0v) is 38.2. The number of hydrogen-bond donors (Lipinski definition) is 3. The minimum absolute atomic E-state index is 0.0317. The highest BCUT2D eigenvalue weighted by atomic mass is 16.7. The van der Waals surface area contributed by atoms with E-state index in [0.29, 0.717) is 43.3 Å². The number of aliphatic hydroxyl groups excluding tert-OH is 2. The fraction of sp³-hybridized carbons (Fsp3) is 0.771. The van der Waals surface area contributed by atoms with Gasteiger partial charge >= 0.3 is 5.97 Å². The molecular weight excluding hydrogens is 801 g/mol. The fourth-order valence-electron chi connectivity index (χ4n) is 10.6. The average Bonchev–Trinajstić information content (AvgIpc) is 3.58. The lowest BCUT2D eigenvalue weighted by molar-refractivity contribution is -0.318. The number of esters is 1. The van der Waals surface area contributed by atoms with E-state index in [-0.39, 0.29) is 42.7 Å². The van der Waals surface area contributed by atoms with Crippen LogP contribution >= 0.6 is 0 Å². The van der Waals surface area contributed by atoms with Gasteiger partial charge in [-0.15, -0.1) is 0 Å². The lowest BCUT2D eigenvalue weighted by atomic mass is 9.71. The molecule has 7 aliphatic rings. The summed E-state index contributed by atoms with van der Waals surface area (Å²) in [5.41, 5.74) is 0.134. The number of hydrogen-bond acceptors (Lipinski definition) is 14. The van der Waals surface area contributed by atoms with Crippen molar-refractivity contribution in [2.75, 3.05) is 20.8 Å². The molecule has 6 heterocycles. The molecule has 14 heteroatoms. The van der Waals surface area contributed by atoms with Crippen molar-refractivity contribution in [3.05, 3.63) is 59.3 Å². The molecular formula is C48H72O14. The van der Waals surface area contributed by atoms with Crippen LogP contribution in [0.2, 0.25) is 0 Å². The van der Waals surface area contributed by atoms with Crippen LogP contribution in [0.3, 0.4) is 0 Å². The number of carbonyl (C=O) groups is 1. The molecule has 0 radical (unpaired) electrons. The van der Waals surface area contributed by atoms with Crippen molar-refractivity contribution in [1.82, 2.24) is 0 Å². The van der Waals surface area contributed by atoms with Gasteiger partial charge in [0.05, 0.1) is 49.3 Å². The Labute approximate surface area is 367 Å². The fourth-order valence-corrected chi connectivity index (χ4v) is 10.6. The monoisotopic (exact) mass is 872 g/mol. The molecule has 1 aliphatic carbocycles. The van der Waals surface area contributed by atoms with Gasteiger partial charge in [0.25, 0.3) is 0 Å². The van der Waals surface area contributed by atoms with Crippen molar-refractivity contribution >= 4 is 5.97 Å². The van der Waals surface area contributed by atoms with Gasteiger partial charge in [0, 0.05) is 51.7 Å². The molecule has 4 saturated heterocycles. The summed E-state index contributed by atoms with van der Waals surface area (Å²) >= 11 is 0. The molecule has 0 aromatic rings. The minimum Gasteiger partial charge on any atom is -0.462 e. The maximum atomic E-state index is 14.3. The molecule has 7 rings (SSSR count). The second-order valence-electron chi connectivity index (χ2n) is 19.0. The van der Waals surface area contributed by atoms with Crippen molar-refractivity contribution in [3.8, 4) is 0 Å². The Balaban J connectivity index is 1.18. The number of methoxy groups -OCH3 is 2. The van der Waals surface area contributed by atoms with Gasteiger partial charge in [-0.25, -0.2) is 0 Å². The third kappa shape index (κ3) is 9.64. The molecule has 348 valence electrons.